The number of allylic oxidation sites excluding steroid dienone is 1. The highest BCUT2D eigenvalue weighted by Gasteiger charge is 2.20. The van der Waals surface area contributed by atoms with Gasteiger partial charge in [-0.2, -0.15) is 0 Å². The van der Waals surface area contributed by atoms with Crippen LogP contribution in [0.3, 0.4) is 0 Å². The van der Waals surface area contributed by atoms with Gasteiger partial charge < -0.3 is 5.32 Å². The largest absolute Gasteiger partial charge is 0.341 e. The summed E-state index contributed by atoms with van der Waals surface area (Å²) in [7, 11) is 0. The third-order valence-corrected chi connectivity index (χ3v) is 4.70. The van der Waals surface area contributed by atoms with E-state index in [9.17, 15) is 4.39 Å². The lowest BCUT2D eigenvalue weighted by atomic mass is 9.99. The van der Waals surface area contributed by atoms with Crippen molar-refractivity contribution in [2.45, 2.75) is 13.0 Å². The normalized spacial score (nSPS) is 18.0. The number of nitrogens with zero attached hydrogens (tertiary/aromatic N) is 2. The molecule has 1 aliphatic rings. The SMILES string of the molecule is Cc1c(F)cccc1[C@@H]1C=C(CBr)NC(c2nccs2)=N1. The molecule has 2 aromatic rings. The number of hydrogen-bond donors (Lipinski definition) is 1. The first-order valence-electron chi connectivity index (χ1n) is 6.45. The fraction of sp³-hybridized carbons (Fsp3) is 0.200. The summed E-state index contributed by atoms with van der Waals surface area (Å²) in [5.41, 5.74) is 2.52. The van der Waals surface area contributed by atoms with E-state index in [0.29, 0.717) is 10.9 Å². The van der Waals surface area contributed by atoms with Gasteiger partial charge in [-0.05, 0) is 30.2 Å². The van der Waals surface area contributed by atoms with Crippen LogP contribution in [0.25, 0.3) is 0 Å². The fourth-order valence-electron chi connectivity index (χ4n) is 2.22. The average Bonchev–Trinajstić information content (AvgIpc) is 3.04. The van der Waals surface area contributed by atoms with Crippen LogP contribution in [0.2, 0.25) is 0 Å². The number of benzene rings is 1. The van der Waals surface area contributed by atoms with Crippen molar-refractivity contribution in [2.24, 2.45) is 4.99 Å². The smallest absolute Gasteiger partial charge is 0.163 e. The maximum atomic E-state index is 13.8. The summed E-state index contributed by atoms with van der Waals surface area (Å²) in [5, 5.41) is 6.69. The summed E-state index contributed by atoms with van der Waals surface area (Å²) in [6, 6.07) is 4.91. The molecule has 21 heavy (non-hydrogen) atoms. The summed E-state index contributed by atoms with van der Waals surface area (Å²) < 4.78 is 13.8. The number of thiazole rings is 1. The Balaban J connectivity index is 2.04. The lowest BCUT2D eigenvalue weighted by molar-refractivity contribution is 0.613. The quantitative estimate of drug-likeness (QED) is 0.835. The van der Waals surface area contributed by atoms with Crippen molar-refractivity contribution in [2.75, 3.05) is 5.33 Å². The van der Waals surface area contributed by atoms with Crippen LogP contribution < -0.4 is 5.32 Å². The number of nitrogens with one attached hydrogen (secondary N) is 1. The number of aliphatic imine (C=N–C) groups is 1. The van der Waals surface area contributed by atoms with Crippen LogP contribution in [0.15, 0.2) is 46.5 Å². The van der Waals surface area contributed by atoms with E-state index >= 15 is 0 Å². The Morgan fingerprint density at radius 3 is 3.00 bits per heavy atom. The summed E-state index contributed by atoms with van der Waals surface area (Å²) in [5.74, 6) is 0.529. The third kappa shape index (κ3) is 2.91. The van der Waals surface area contributed by atoms with Gasteiger partial charge in [0.1, 0.15) is 5.82 Å². The lowest BCUT2D eigenvalue weighted by Gasteiger charge is -2.21. The number of rotatable bonds is 3. The molecule has 0 unspecified atom stereocenters. The summed E-state index contributed by atoms with van der Waals surface area (Å²) >= 11 is 4.98. The molecule has 6 heteroatoms. The molecule has 0 saturated carbocycles. The Morgan fingerprint density at radius 1 is 1.43 bits per heavy atom. The van der Waals surface area contributed by atoms with E-state index in [-0.39, 0.29) is 11.9 Å². The highest BCUT2D eigenvalue weighted by molar-refractivity contribution is 9.09. The summed E-state index contributed by atoms with van der Waals surface area (Å²) in [6.45, 7) is 1.78. The maximum absolute atomic E-state index is 13.8. The highest BCUT2D eigenvalue weighted by Crippen LogP contribution is 2.28. The number of amidine groups is 1. The zero-order valence-electron chi connectivity index (χ0n) is 11.3. The Morgan fingerprint density at radius 2 is 2.29 bits per heavy atom. The average molecular weight is 366 g/mol. The monoisotopic (exact) mass is 365 g/mol. The Hall–Kier alpha value is -1.53. The minimum Gasteiger partial charge on any atom is -0.341 e. The molecule has 3 nitrogen and oxygen atoms in total. The molecule has 0 amide bonds. The van der Waals surface area contributed by atoms with Gasteiger partial charge in [0.2, 0.25) is 0 Å². The zero-order valence-corrected chi connectivity index (χ0v) is 13.7. The van der Waals surface area contributed by atoms with Crippen LogP contribution in [0.5, 0.6) is 0 Å². The number of alkyl halides is 1. The number of halogens is 2. The van der Waals surface area contributed by atoms with Crippen molar-refractivity contribution in [3.05, 3.63) is 63.5 Å². The molecule has 3 rings (SSSR count). The standard InChI is InChI=1S/C15H13BrFN3S/c1-9-11(3-2-4-12(9)17)13-7-10(8-16)19-14(20-13)15-18-5-6-21-15/h2-7,13H,8H2,1H3,(H,19,20)/t13-/m0/s1. The van der Waals surface area contributed by atoms with E-state index < -0.39 is 0 Å². The van der Waals surface area contributed by atoms with Gasteiger partial charge in [0.15, 0.2) is 10.8 Å². The molecule has 0 aliphatic carbocycles. The van der Waals surface area contributed by atoms with E-state index in [1.54, 1.807) is 19.2 Å². The molecule has 108 valence electrons. The van der Waals surface area contributed by atoms with E-state index in [4.69, 9.17) is 0 Å². The van der Waals surface area contributed by atoms with Crippen LogP contribution >= 0.6 is 27.3 Å². The van der Waals surface area contributed by atoms with Gasteiger partial charge in [0.25, 0.3) is 0 Å². The van der Waals surface area contributed by atoms with Crippen LogP contribution in [0.1, 0.15) is 22.2 Å². The second-order valence-corrected chi connectivity index (χ2v) is 6.12. The first kappa shape index (κ1) is 14.4. The second kappa shape index (κ2) is 6.07. The van der Waals surface area contributed by atoms with E-state index in [0.717, 1.165) is 22.1 Å². The molecule has 1 aromatic heterocycles. The molecule has 0 fully saturated rings. The molecular weight excluding hydrogens is 353 g/mol. The first-order valence-corrected chi connectivity index (χ1v) is 8.45. The van der Waals surface area contributed by atoms with Gasteiger partial charge in [-0.3, -0.25) is 4.99 Å². The molecule has 0 saturated heterocycles. The van der Waals surface area contributed by atoms with Gasteiger partial charge in [-0.1, -0.05) is 28.1 Å². The van der Waals surface area contributed by atoms with Crippen molar-refractivity contribution in [3.63, 3.8) is 0 Å². The van der Waals surface area contributed by atoms with E-state index in [1.807, 2.05) is 17.5 Å². The molecule has 0 radical (unpaired) electrons. The van der Waals surface area contributed by atoms with Gasteiger partial charge in [-0.15, -0.1) is 11.3 Å². The van der Waals surface area contributed by atoms with Crippen LogP contribution in [0.4, 0.5) is 4.39 Å². The number of hydrogen-bond acceptors (Lipinski definition) is 4. The molecule has 0 bridgehead atoms. The van der Waals surface area contributed by atoms with Gasteiger partial charge >= 0.3 is 0 Å². The summed E-state index contributed by atoms with van der Waals surface area (Å²) in [4.78, 5) is 8.97. The van der Waals surface area contributed by atoms with Crippen molar-refractivity contribution in [3.8, 4) is 0 Å². The van der Waals surface area contributed by atoms with E-state index in [1.165, 1.54) is 17.4 Å². The predicted molar refractivity (Wildman–Crippen MR) is 87.5 cm³/mol. The Bertz CT molecular complexity index is 710. The molecule has 0 spiro atoms. The molecule has 1 atom stereocenters. The maximum Gasteiger partial charge on any atom is 0.163 e. The topological polar surface area (TPSA) is 37.3 Å². The minimum atomic E-state index is -0.203. The Labute approximate surface area is 134 Å². The Kier molecular flexibility index (Phi) is 4.17. The van der Waals surface area contributed by atoms with Crippen LogP contribution in [-0.4, -0.2) is 16.1 Å². The molecule has 2 heterocycles. The fourth-order valence-corrected chi connectivity index (χ4v) is 3.14. The van der Waals surface area contributed by atoms with Crippen LogP contribution in [0, 0.1) is 12.7 Å². The summed E-state index contributed by atoms with van der Waals surface area (Å²) in [6.07, 6.45) is 3.76. The van der Waals surface area contributed by atoms with Gasteiger partial charge in [0.05, 0.1) is 6.04 Å². The second-order valence-electron chi connectivity index (χ2n) is 4.66. The van der Waals surface area contributed by atoms with Gasteiger partial charge in [0, 0.05) is 22.6 Å². The van der Waals surface area contributed by atoms with Crippen molar-refractivity contribution in [1.29, 1.82) is 0 Å². The third-order valence-electron chi connectivity index (χ3n) is 3.31. The molecule has 1 N–H and O–H groups in total. The zero-order chi connectivity index (χ0) is 14.8. The highest BCUT2D eigenvalue weighted by atomic mass is 79.9. The molecule has 1 aliphatic heterocycles. The van der Waals surface area contributed by atoms with E-state index in [2.05, 4.69) is 31.2 Å². The lowest BCUT2D eigenvalue weighted by Crippen LogP contribution is -2.29. The van der Waals surface area contributed by atoms with Crippen molar-refractivity contribution >= 4 is 33.1 Å². The number of aromatic nitrogens is 1. The molecular formula is C15H13BrFN3S. The predicted octanol–water partition coefficient (Wildman–Crippen LogP) is 3.96. The van der Waals surface area contributed by atoms with Crippen LogP contribution in [-0.2, 0) is 0 Å². The minimum absolute atomic E-state index is 0.201. The van der Waals surface area contributed by atoms with Crippen molar-refractivity contribution < 1.29 is 4.39 Å². The molecule has 1 aromatic carbocycles. The van der Waals surface area contributed by atoms with Crippen molar-refractivity contribution in [1.82, 2.24) is 10.3 Å². The first-order chi connectivity index (χ1) is 10.2. The van der Waals surface area contributed by atoms with Gasteiger partial charge in [-0.25, -0.2) is 9.37 Å².